The zero-order valence-corrected chi connectivity index (χ0v) is 28.5. The maximum Gasteiger partial charge on any atom is 0.249 e. The molecule has 2 aromatic carbocycles. The van der Waals surface area contributed by atoms with Gasteiger partial charge in [0.25, 0.3) is 0 Å². The summed E-state index contributed by atoms with van der Waals surface area (Å²) in [6.07, 6.45) is 13.6. The van der Waals surface area contributed by atoms with Gasteiger partial charge in [-0.25, -0.2) is 0 Å². The lowest BCUT2D eigenvalue weighted by Gasteiger charge is -2.42. The Bertz CT molecular complexity index is 2090. The summed E-state index contributed by atoms with van der Waals surface area (Å²) < 4.78 is 10.5. The highest BCUT2D eigenvalue weighted by Gasteiger charge is 2.37. The number of carbonyl (C=O) groups excluding carboxylic acids is 2. The van der Waals surface area contributed by atoms with Gasteiger partial charge >= 0.3 is 0 Å². The molecule has 262 valence electrons. The zero-order valence-electron chi connectivity index (χ0n) is 28.5. The summed E-state index contributed by atoms with van der Waals surface area (Å²) in [5.74, 6) is 1.15. The van der Waals surface area contributed by atoms with E-state index in [0.29, 0.717) is 55.3 Å². The molecular weight excluding hydrogens is 644 g/mol. The van der Waals surface area contributed by atoms with Gasteiger partial charge in [0.05, 0.1) is 41.4 Å². The first-order chi connectivity index (χ1) is 25.0. The van der Waals surface area contributed by atoms with Crippen LogP contribution in [0.3, 0.4) is 0 Å². The maximum absolute atomic E-state index is 12.7. The molecule has 2 amide bonds. The van der Waals surface area contributed by atoms with Gasteiger partial charge in [-0.15, -0.1) is 10.2 Å². The summed E-state index contributed by atoms with van der Waals surface area (Å²) in [4.78, 5) is 29.3. The molecule has 6 heterocycles. The van der Waals surface area contributed by atoms with E-state index in [0.717, 1.165) is 79.8 Å². The fourth-order valence-corrected chi connectivity index (χ4v) is 8.81. The fourth-order valence-electron chi connectivity index (χ4n) is 8.81. The van der Waals surface area contributed by atoms with Crippen LogP contribution in [0.1, 0.15) is 68.9 Å². The van der Waals surface area contributed by atoms with Crippen molar-refractivity contribution in [3.63, 3.8) is 0 Å². The SMILES string of the molecule is O=C1CCC(N2CCOc3c(C4CCC(N5CCC(n6cc(-n7ccc8nnc(-c9ccccc9O)cc87)cn6)CC5)CC4)cccc32)C(=O)N1. The van der Waals surface area contributed by atoms with Crippen LogP contribution in [-0.2, 0) is 9.59 Å². The molecule has 3 aromatic heterocycles. The number of piperidine rings is 2. The van der Waals surface area contributed by atoms with Gasteiger partial charge in [0.1, 0.15) is 29.7 Å². The molecule has 0 radical (unpaired) electrons. The van der Waals surface area contributed by atoms with Crippen LogP contribution in [-0.4, -0.2) is 84.7 Å². The number of likely N-dealkylation sites (tertiary alicyclic amines) is 1. The van der Waals surface area contributed by atoms with Crippen LogP contribution in [0.5, 0.6) is 11.5 Å². The van der Waals surface area contributed by atoms with Crippen LogP contribution in [0, 0.1) is 0 Å². The smallest absolute Gasteiger partial charge is 0.249 e. The highest BCUT2D eigenvalue weighted by molar-refractivity contribution is 6.02. The van der Waals surface area contributed by atoms with E-state index in [4.69, 9.17) is 9.84 Å². The first kappa shape index (κ1) is 31.7. The lowest BCUT2D eigenvalue weighted by molar-refractivity contribution is -0.134. The van der Waals surface area contributed by atoms with E-state index in [-0.39, 0.29) is 23.6 Å². The summed E-state index contributed by atoms with van der Waals surface area (Å²) in [6, 6.07) is 18.1. The number of para-hydroxylation sites is 2. The molecule has 3 fully saturated rings. The van der Waals surface area contributed by atoms with Crippen molar-refractivity contribution in [2.75, 3.05) is 31.1 Å². The first-order valence-corrected chi connectivity index (χ1v) is 18.3. The molecule has 0 spiro atoms. The Balaban J connectivity index is 0.827. The van der Waals surface area contributed by atoms with Crippen LogP contribution < -0.4 is 15.0 Å². The van der Waals surface area contributed by atoms with Crippen LogP contribution in [0.2, 0.25) is 0 Å². The van der Waals surface area contributed by atoms with Gasteiger partial charge in [0.2, 0.25) is 11.8 Å². The molecule has 51 heavy (non-hydrogen) atoms. The number of phenolic OH excluding ortho intramolecular Hbond substituents is 1. The average Bonchev–Trinajstić information content (AvgIpc) is 3.82. The highest BCUT2D eigenvalue weighted by Crippen LogP contribution is 2.45. The predicted molar refractivity (Wildman–Crippen MR) is 192 cm³/mol. The molecule has 2 saturated heterocycles. The summed E-state index contributed by atoms with van der Waals surface area (Å²) in [5.41, 5.74) is 6.21. The Morgan fingerprint density at radius 1 is 0.863 bits per heavy atom. The molecule has 1 atom stereocenters. The number of anilines is 1. The molecule has 0 bridgehead atoms. The van der Waals surface area contributed by atoms with Crippen LogP contribution in [0.4, 0.5) is 5.69 Å². The van der Waals surface area contributed by atoms with Crippen molar-refractivity contribution in [1.82, 2.24) is 34.8 Å². The van der Waals surface area contributed by atoms with E-state index in [1.165, 1.54) is 5.56 Å². The molecule has 12 nitrogen and oxygen atoms in total. The number of imide groups is 1. The van der Waals surface area contributed by atoms with Crippen molar-refractivity contribution < 1.29 is 19.4 Å². The fraction of sp³-hybridized carbons (Fsp3) is 0.410. The van der Waals surface area contributed by atoms with Crippen LogP contribution in [0.25, 0.3) is 28.0 Å². The number of carbonyl (C=O) groups is 2. The predicted octanol–water partition coefficient (Wildman–Crippen LogP) is 5.36. The molecule has 3 aliphatic heterocycles. The second kappa shape index (κ2) is 13.1. The third-order valence-corrected chi connectivity index (χ3v) is 11.5. The third-order valence-electron chi connectivity index (χ3n) is 11.5. The van der Waals surface area contributed by atoms with E-state index in [2.05, 4.69) is 59.0 Å². The van der Waals surface area contributed by atoms with Crippen molar-refractivity contribution in [2.45, 2.75) is 75.4 Å². The number of nitrogens with one attached hydrogen (secondary N) is 1. The van der Waals surface area contributed by atoms with Gasteiger partial charge < -0.3 is 24.2 Å². The summed E-state index contributed by atoms with van der Waals surface area (Å²) in [7, 11) is 0. The van der Waals surface area contributed by atoms with Gasteiger partial charge in [-0.1, -0.05) is 24.3 Å². The number of rotatable bonds is 6. The van der Waals surface area contributed by atoms with Crippen molar-refractivity contribution >= 4 is 28.5 Å². The van der Waals surface area contributed by atoms with Gasteiger partial charge in [-0.3, -0.25) is 19.6 Å². The zero-order chi connectivity index (χ0) is 34.5. The Labute approximate surface area is 296 Å². The largest absolute Gasteiger partial charge is 0.507 e. The monoisotopic (exact) mass is 686 g/mol. The molecule has 1 saturated carbocycles. The van der Waals surface area contributed by atoms with E-state index < -0.39 is 0 Å². The first-order valence-electron chi connectivity index (χ1n) is 18.3. The average molecular weight is 687 g/mol. The van der Waals surface area contributed by atoms with E-state index in [1.807, 2.05) is 36.7 Å². The number of phenols is 1. The van der Waals surface area contributed by atoms with Crippen molar-refractivity contribution in [1.29, 1.82) is 0 Å². The lowest BCUT2D eigenvalue weighted by atomic mass is 9.80. The molecule has 1 aliphatic carbocycles. The number of fused-ring (bicyclic) bond motifs is 2. The van der Waals surface area contributed by atoms with Gasteiger partial charge in [0, 0.05) is 43.5 Å². The van der Waals surface area contributed by atoms with Crippen molar-refractivity contribution in [2.24, 2.45) is 0 Å². The third kappa shape index (κ3) is 5.90. The minimum atomic E-state index is -0.333. The molecule has 9 rings (SSSR count). The molecule has 1 unspecified atom stereocenters. The van der Waals surface area contributed by atoms with Crippen LogP contribution >= 0.6 is 0 Å². The van der Waals surface area contributed by atoms with Crippen molar-refractivity contribution in [3.05, 3.63) is 78.8 Å². The summed E-state index contributed by atoms with van der Waals surface area (Å²) in [5, 5.41) is 26.5. The Morgan fingerprint density at radius 2 is 1.71 bits per heavy atom. The van der Waals surface area contributed by atoms with E-state index in [9.17, 15) is 14.7 Å². The van der Waals surface area contributed by atoms with Crippen LogP contribution in [0.15, 0.2) is 73.2 Å². The topological polar surface area (TPSA) is 131 Å². The molecular formula is C39H42N8O4. The molecule has 5 aromatic rings. The minimum absolute atomic E-state index is 0.181. The van der Waals surface area contributed by atoms with Crippen molar-refractivity contribution in [3.8, 4) is 28.4 Å². The second-order valence-corrected chi connectivity index (χ2v) is 14.4. The molecule has 4 aliphatic rings. The number of amides is 2. The lowest BCUT2D eigenvalue weighted by Crippen LogP contribution is -2.54. The minimum Gasteiger partial charge on any atom is -0.507 e. The standard InChI is InChI=1S/C39H42N8O4/c48-36-7-2-1-4-30(36)32-22-35-31(42-43-32)16-19-45(35)28-23-40-47(24-28)27-14-17-44(18-15-27)26-10-8-25(9-11-26)29-5-3-6-33-38(29)51-21-20-46(33)34-12-13-37(49)41-39(34)50/h1-7,16,19,22-27,34,48H,8-15,17-18,20-21H2,(H,41,49,50). The number of aromatic hydroxyl groups is 1. The number of aromatic nitrogens is 5. The number of benzene rings is 2. The number of hydrogen-bond donors (Lipinski definition) is 2. The number of ether oxygens (including phenoxy) is 1. The Morgan fingerprint density at radius 3 is 2.53 bits per heavy atom. The van der Waals surface area contributed by atoms with Gasteiger partial charge in [-0.05, 0) is 86.8 Å². The Kier molecular flexibility index (Phi) is 8.18. The Hall–Kier alpha value is -5.23. The molecule has 2 N–H and O–H groups in total. The summed E-state index contributed by atoms with van der Waals surface area (Å²) >= 11 is 0. The van der Waals surface area contributed by atoms with Gasteiger partial charge in [-0.2, -0.15) is 5.10 Å². The quantitative estimate of drug-likeness (QED) is 0.227. The summed E-state index contributed by atoms with van der Waals surface area (Å²) in [6.45, 7) is 3.31. The number of hydrogen-bond acceptors (Lipinski definition) is 9. The maximum atomic E-state index is 12.7. The van der Waals surface area contributed by atoms with Gasteiger partial charge in [0.15, 0.2) is 0 Å². The second-order valence-electron chi connectivity index (χ2n) is 14.4. The highest BCUT2D eigenvalue weighted by atomic mass is 16.5. The number of nitrogens with zero attached hydrogens (tertiary/aromatic N) is 7. The van der Waals surface area contributed by atoms with E-state index in [1.54, 1.807) is 12.1 Å². The molecule has 12 heteroatoms. The van der Waals surface area contributed by atoms with E-state index >= 15 is 0 Å². The normalized spacial score (nSPS) is 23.2.